The van der Waals surface area contributed by atoms with E-state index in [2.05, 4.69) is 29.4 Å². The summed E-state index contributed by atoms with van der Waals surface area (Å²) in [5.74, 6) is 0.924. The number of ether oxygens (including phenoxy) is 1. The lowest BCUT2D eigenvalue weighted by molar-refractivity contribution is 0.208. The van der Waals surface area contributed by atoms with Crippen molar-refractivity contribution in [1.29, 1.82) is 0 Å². The van der Waals surface area contributed by atoms with Crippen LogP contribution in [0.1, 0.15) is 31.9 Å². The molecule has 0 radical (unpaired) electrons. The normalized spacial score (nSPS) is 22.3. The molecule has 106 valence electrons. The number of para-hydroxylation sites is 1. The fourth-order valence-corrected chi connectivity index (χ4v) is 3.01. The maximum atomic E-state index is 6.22. The largest absolute Gasteiger partial charge is 0.488 e. The first-order valence-corrected chi connectivity index (χ1v) is 7.52. The lowest BCUT2D eigenvalue weighted by Crippen LogP contribution is -2.27. The van der Waals surface area contributed by atoms with Gasteiger partial charge in [0.2, 0.25) is 0 Å². The van der Waals surface area contributed by atoms with Gasteiger partial charge in [-0.2, -0.15) is 0 Å². The summed E-state index contributed by atoms with van der Waals surface area (Å²) < 4.78 is 6.22. The van der Waals surface area contributed by atoms with Crippen LogP contribution in [0.5, 0.6) is 5.75 Å². The van der Waals surface area contributed by atoms with E-state index in [0.717, 1.165) is 41.7 Å². The predicted molar refractivity (Wildman–Crippen MR) is 82.2 cm³/mol. The van der Waals surface area contributed by atoms with Crippen molar-refractivity contribution in [2.45, 2.75) is 45.3 Å². The Balaban J connectivity index is 1.79. The molecule has 2 atom stereocenters. The van der Waals surface area contributed by atoms with Gasteiger partial charge in [0.05, 0.1) is 0 Å². The molecule has 2 aromatic rings. The molecule has 1 fully saturated rings. The van der Waals surface area contributed by atoms with Crippen LogP contribution < -0.4 is 10.1 Å². The molecule has 1 N–H and O–H groups in total. The lowest BCUT2D eigenvalue weighted by Gasteiger charge is -2.16. The number of aromatic nitrogens is 1. The third kappa shape index (κ3) is 2.78. The van der Waals surface area contributed by atoms with Gasteiger partial charge >= 0.3 is 0 Å². The van der Waals surface area contributed by atoms with Crippen molar-refractivity contribution in [3.8, 4) is 5.75 Å². The first-order valence-electron chi connectivity index (χ1n) is 7.52. The second kappa shape index (κ2) is 5.80. The number of benzene rings is 1. The standard InChI is InChI=1S/C17H22N2O/c1-3-18-14-9-10-15(11-14)20-16-6-4-5-13-8-7-12(2)19-17(13)16/h4-8,14-15,18H,3,9-11H2,1-2H3. The maximum absolute atomic E-state index is 6.22. The minimum atomic E-state index is 0.312. The number of nitrogens with one attached hydrogen (secondary N) is 1. The Bertz CT molecular complexity index is 597. The van der Waals surface area contributed by atoms with E-state index in [1.165, 1.54) is 6.42 Å². The van der Waals surface area contributed by atoms with Crippen molar-refractivity contribution in [3.63, 3.8) is 0 Å². The quantitative estimate of drug-likeness (QED) is 0.924. The predicted octanol–water partition coefficient (Wildman–Crippen LogP) is 3.45. The van der Waals surface area contributed by atoms with Crippen LogP contribution in [0.3, 0.4) is 0 Å². The molecule has 0 saturated heterocycles. The third-order valence-corrected chi connectivity index (χ3v) is 3.99. The molecule has 0 amide bonds. The first-order chi connectivity index (χ1) is 9.76. The highest BCUT2D eigenvalue weighted by molar-refractivity contribution is 5.84. The molecule has 0 aliphatic heterocycles. The smallest absolute Gasteiger partial charge is 0.145 e. The van der Waals surface area contributed by atoms with Gasteiger partial charge in [-0.15, -0.1) is 0 Å². The SMILES string of the molecule is CCNC1CCC(Oc2cccc3ccc(C)nc23)C1. The van der Waals surface area contributed by atoms with Crippen molar-refractivity contribution in [2.75, 3.05) is 6.54 Å². The van der Waals surface area contributed by atoms with Crippen LogP contribution >= 0.6 is 0 Å². The van der Waals surface area contributed by atoms with Gasteiger partial charge in [-0.1, -0.05) is 25.1 Å². The van der Waals surface area contributed by atoms with E-state index in [0.29, 0.717) is 12.1 Å². The van der Waals surface area contributed by atoms with Gasteiger partial charge in [0.1, 0.15) is 17.4 Å². The molecule has 1 heterocycles. The van der Waals surface area contributed by atoms with Crippen LogP contribution in [0.15, 0.2) is 30.3 Å². The van der Waals surface area contributed by atoms with E-state index < -0.39 is 0 Å². The molecular weight excluding hydrogens is 248 g/mol. The summed E-state index contributed by atoms with van der Waals surface area (Å²) in [5.41, 5.74) is 2.02. The number of nitrogens with zero attached hydrogens (tertiary/aromatic N) is 1. The summed E-state index contributed by atoms with van der Waals surface area (Å²) in [4.78, 5) is 4.63. The fourth-order valence-electron chi connectivity index (χ4n) is 3.01. The molecule has 0 spiro atoms. The Morgan fingerprint density at radius 1 is 1.25 bits per heavy atom. The highest BCUT2D eigenvalue weighted by Gasteiger charge is 2.25. The zero-order chi connectivity index (χ0) is 13.9. The second-order valence-corrected chi connectivity index (χ2v) is 5.59. The van der Waals surface area contributed by atoms with Crippen LogP contribution in [0.2, 0.25) is 0 Å². The molecule has 20 heavy (non-hydrogen) atoms. The minimum absolute atomic E-state index is 0.312. The van der Waals surface area contributed by atoms with E-state index in [1.807, 2.05) is 25.1 Å². The zero-order valence-corrected chi connectivity index (χ0v) is 12.2. The van der Waals surface area contributed by atoms with E-state index in [9.17, 15) is 0 Å². The van der Waals surface area contributed by atoms with Crippen molar-refractivity contribution < 1.29 is 4.74 Å². The summed E-state index contributed by atoms with van der Waals surface area (Å²) in [6.07, 6.45) is 3.73. The van der Waals surface area contributed by atoms with Gasteiger partial charge in [-0.25, -0.2) is 4.98 Å². The van der Waals surface area contributed by atoms with E-state index in [-0.39, 0.29) is 0 Å². The van der Waals surface area contributed by atoms with Gasteiger partial charge in [0, 0.05) is 17.1 Å². The number of fused-ring (bicyclic) bond motifs is 1. The number of rotatable bonds is 4. The molecule has 3 nitrogen and oxygen atoms in total. The maximum Gasteiger partial charge on any atom is 0.145 e. The van der Waals surface area contributed by atoms with Crippen LogP contribution in [-0.2, 0) is 0 Å². The second-order valence-electron chi connectivity index (χ2n) is 5.59. The molecule has 2 unspecified atom stereocenters. The zero-order valence-electron chi connectivity index (χ0n) is 12.2. The Morgan fingerprint density at radius 3 is 3.00 bits per heavy atom. The molecular formula is C17H22N2O. The Hall–Kier alpha value is -1.61. The third-order valence-electron chi connectivity index (χ3n) is 3.99. The molecule has 3 rings (SSSR count). The average Bonchev–Trinajstić information content (AvgIpc) is 2.87. The van der Waals surface area contributed by atoms with Crippen LogP contribution in [0.25, 0.3) is 10.9 Å². The Labute approximate surface area is 120 Å². The number of hydrogen-bond acceptors (Lipinski definition) is 3. The van der Waals surface area contributed by atoms with Crippen molar-refractivity contribution in [3.05, 3.63) is 36.0 Å². The summed E-state index contributed by atoms with van der Waals surface area (Å²) in [6.45, 7) is 5.21. The van der Waals surface area contributed by atoms with Gasteiger partial charge < -0.3 is 10.1 Å². The number of hydrogen-bond donors (Lipinski definition) is 1. The van der Waals surface area contributed by atoms with Gasteiger partial charge in [0.25, 0.3) is 0 Å². The molecule has 1 aliphatic carbocycles. The summed E-state index contributed by atoms with van der Waals surface area (Å²) in [7, 11) is 0. The van der Waals surface area contributed by atoms with Crippen molar-refractivity contribution in [1.82, 2.24) is 10.3 Å². The van der Waals surface area contributed by atoms with E-state index in [1.54, 1.807) is 0 Å². The minimum Gasteiger partial charge on any atom is -0.488 e. The number of aryl methyl sites for hydroxylation is 1. The Morgan fingerprint density at radius 2 is 2.15 bits per heavy atom. The number of pyridine rings is 1. The van der Waals surface area contributed by atoms with Crippen molar-refractivity contribution in [2.24, 2.45) is 0 Å². The summed E-state index contributed by atoms with van der Waals surface area (Å²) in [5, 5.41) is 4.66. The van der Waals surface area contributed by atoms with Crippen LogP contribution in [0, 0.1) is 6.92 Å². The van der Waals surface area contributed by atoms with E-state index >= 15 is 0 Å². The molecule has 3 heteroatoms. The Kier molecular flexibility index (Phi) is 3.88. The topological polar surface area (TPSA) is 34.1 Å². The van der Waals surface area contributed by atoms with E-state index in [4.69, 9.17) is 4.74 Å². The highest BCUT2D eigenvalue weighted by atomic mass is 16.5. The lowest BCUT2D eigenvalue weighted by atomic mass is 10.2. The molecule has 1 aromatic heterocycles. The average molecular weight is 270 g/mol. The molecule has 1 saturated carbocycles. The van der Waals surface area contributed by atoms with Crippen LogP contribution in [0.4, 0.5) is 0 Å². The van der Waals surface area contributed by atoms with Crippen LogP contribution in [-0.4, -0.2) is 23.7 Å². The van der Waals surface area contributed by atoms with Gasteiger partial charge in [-0.3, -0.25) is 0 Å². The van der Waals surface area contributed by atoms with Gasteiger partial charge in [0.15, 0.2) is 0 Å². The first kappa shape index (κ1) is 13.4. The highest BCUT2D eigenvalue weighted by Crippen LogP contribution is 2.29. The summed E-state index contributed by atoms with van der Waals surface area (Å²) in [6, 6.07) is 10.9. The molecule has 1 aliphatic rings. The molecule has 1 aromatic carbocycles. The fraction of sp³-hybridized carbons (Fsp3) is 0.471. The van der Waals surface area contributed by atoms with Gasteiger partial charge in [-0.05, 0) is 44.9 Å². The summed E-state index contributed by atoms with van der Waals surface area (Å²) >= 11 is 0. The molecule has 0 bridgehead atoms. The van der Waals surface area contributed by atoms with Crippen molar-refractivity contribution >= 4 is 10.9 Å². The monoisotopic (exact) mass is 270 g/mol.